The fourth-order valence-electron chi connectivity index (χ4n) is 14.4. The lowest BCUT2D eigenvalue weighted by atomic mass is 9.71. The molecule has 1 heterocycles. The van der Waals surface area contributed by atoms with E-state index in [0.717, 1.165) is 94.8 Å². The maximum atomic E-state index is 12.2. The monoisotopic (exact) mass is 1040 g/mol. The molecule has 0 fully saturated rings. The van der Waals surface area contributed by atoms with Gasteiger partial charge in [0.25, 0.3) is 0 Å². The van der Waals surface area contributed by atoms with Gasteiger partial charge in [0.2, 0.25) is 0 Å². The quantitative estimate of drug-likeness (QED) is 0.113. The van der Waals surface area contributed by atoms with Crippen LogP contribution in [0.2, 0.25) is 0 Å². The summed E-state index contributed by atoms with van der Waals surface area (Å²) in [6.45, 7) is 0. The molecule has 6 heteroatoms. The molecule has 1 aliphatic heterocycles. The second-order valence-corrected chi connectivity index (χ2v) is 24.2. The number of nitriles is 1. The van der Waals surface area contributed by atoms with Gasteiger partial charge in [-0.25, -0.2) is 0 Å². The van der Waals surface area contributed by atoms with E-state index >= 15 is 0 Å². The third-order valence-electron chi connectivity index (χ3n) is 18.1. The summed E-state index contributed by atoms with van der Waals surface area (Å²) in [4.78, 5) is 18.7. The van der Waals surface area contributed by atoms with E-state index in [1.807, 2.05) is 6.07 Å². The van der Waals surface area contributed by atoms with Crippen LogP contribution in [0.4, 0.5) is 17.1 Å². The van der Waals surface area contributed by atoms with Crippen LogP contribution in [-0.4, -0.2) is 17.1 Å². The minimum absolute atomic E-state index is 0.0470. The first-order valence-corrected chi connectivity index (χ1v) is 30.3. The number of thioether (sulfide) groups is 1. The summed E-state index contributed by atoms with van der Waals surface area (Å²) < 4.78 is 0. The molecule has 78 heavy (non-hydrogen) atoms. The normalized spacial score (nSPS) is 23.5. The van der Waals surface area contributed by atoms with E-state index in [1.165, 1.54) is 76.4 Å². The van der Waals surface area contributed by atoms with Gasteiger partial charge in [0.1, 0.15) is 5.92 Å². The molecule has 4 aromatic rings. The Morgan fingerprint density at radius 3 is 2.36 bits per heavy atom. The summed E-state index contributed by atoms with van der Waals surface area (Å²) in [6, 6.07) is 42.8. The second-order valence-electron chi connectivity index (χ2n) is 22.9. The number of anilines is 3. The number of aliphatic carboxylic acids is 1. The first-order chi connectivity index (χ1) is 38.5. The number of hydrogen-bond acceptors (Lipinski definition) is 5. The van der Waals surface area contributed by atoms with Crippen LogP contribution in [0.3, 0.4) is 0 Å². The lowest BCUT2D eigenvalue weighted by Crippen LogP contribution is -2.38. The van der Waals surface area contributed by atoms with E-state index in [-0.39, 0.29) is 23.6 Å². The molecule has 0 aromatic heterocycles. The number of fused-ring (bicyclic) bond motifs is 1. The topological polar surface area (TPSA) is 67.6 Å². The Kier molecular flexibility index (Phi) is 15.9. The van der Waals surface area contributed by atoms with Gasteiger partial charge in [-0.3, -0.25) is 4.79 Å². The van der Waals surface area contributed by atoms with Crippen LogP contribution >= 0.6 is 11.8 Å². The van der Waals surface area contributed by atoms with Gasteiger partial charge in [0.05, 0.1) is 6.07 Å². The van der Waals surface area contributed by atoms with Gasteiger partial charge < -0.3 is 14.9 Å². The van der Waals surface area contributed by atoms with Crippen molar-refractivity contribution in [2.24, 2.45) is 23.7 Å². The summed E-state index contributed by atoms with van der Waals surface area (Å²) in [5.41, 5.74) is 19.5. The Hall–Kier alpha value is -6.99. The third kappa shape index (κ3) is 11.0. The van der Waals surface area contributed by atoms with Crippen molar-refractivity contribution in [2.75, 3.05) is 9.80 Å². The molecular weight excluding hydrogens is 971 g/mol. The van der Waals surface area contributed by atoms with Crippen LogP contribution in [0, 0.1) is 47.1 Å². The molecule has 0 radical (unpaired) electrons. The molecule has 0 bridgehead atoms. The molecule has 8 aliphatic rings. The van der Waals surface area contributed by atoms with Crippen molar-refractivity contribution in [2.45, 2.75) is 139 Å². The molecule has 4 aromatic carbocycles. The van der Waals surface area contributed by atoms with E-state index in [2.05, 4.69) is 186 Å². The maximum absolute atomic E-state index is 12.2. The van der Waals surface area contributed by atoms with Crippen molar-refractivity contribution in [1.82, 2.24) is 0 Å². The highest BCUT2D eigenvalue weighted by Gasteiger charge is 2.36. The van der Waals surface area contributed by atoms with Gasteiger partial charge in [-0.2, -0.15) is 5.26 Å². The first kappa shape index (κ1) is 51.7. The van der Waals surface area contributed by atoms with Gasteiger partial charge in [0.15, 0.2) is 0 Å². The summed E-state index contributed by atoms with van der Waals surface area (Å²) in [5, 5.41) is 20.0. The average Bonchev–Trinajstić information content (AvgIpc) is 4.06. The Morgan fingerprint density at radius 2 is 1.58 bits per heavy atom. The zero-order valence-electron chi connectivity index (χ0n) is 45.2. The molecule has 7 aliphatic carbocycles. The molecule has 12 rings (SSSR count). The lowest BCUT2D eigenvalue weighted by molar-refractivity contribution is -0.139. The number of carbonyl (C=O) groups is 1. The van der Waals surface area contributed by atoms with Crippen LogP contribution < -0.4 is 9.80 Å². The molecule has 7 atom stereocenters. The summed E-state index contributed by atoms with van der Waals surface area (Å²) in [5.74, 6) is -0.714. The lowest BCUT2D eigenvalue weighted by Gasteiger charge is -2.43. The Labute approximate surface area is 468 Å². The molecular formula is C72H73N3O2S. The van der Waals surface area contributed by atoms with Gasteiger partial charge in [-0.05, 0) is 214 Å². The molecule has 5 nitrogen and oxygen atoms in total. The number of allylic oxidation sites excluding steroid dienone is 18. The largest absolute Gasteiger partial charge is 0.480 e. The molecule has 394 valence electrons. The highest BCUT2D eigenvalue weighted by atomic mass is 32.2. The molecule has 1 N–H and O–H groups in total. The van der Waals surface area contributed by atoms with E-state index in [0.29, 0.717) is 17.8 Å². The predicted molar refractivity (Wildman–Crippen MR) is 321 cm³/mol. The minimum atomic E-state index is -1.06. The Morgan fingerprint density at radius 1 is 0.718 bits per heavy atom. The third-order valence-corrected chi connectivity index (χ3v) is 19.5. The SMILES string of the molecule is N#CC(CC1=CCC(c2cc(N(C3=C4CCC=CC4CCC3)c3ccc(C(c4cc#ccc4)c4ccccc4)cc3)cc(N(C3=CCCC4=C3CCCC4)C3CC=C(C(C4=CC=CCC4)C4C=CC=CC4)CC3)c2)S1)C(=O)O. The van der Waals surface area contributed by atoms with E-state index < -0.39 is 11.9 Å². The van der Waals surface area contributed by atoms with E-state index in [1.54, 1.807) is 39.6 Å². The van der Waals surface area contributed by atoms with Crippen LogP contribution in [-0.2, 0) is 4.79 Å². The average molecular weight is 1040 g/mol. The summed E-state index contributed by atoms with van der Waals surface area (Å²) in [7, 11) is 0. The molecule has 7 unspecified atom stereocenters. The van der Waals surface area contributed by atoms with Crippen molar-refractivity contribution in [3.63, 3.8) is 0 Å². The number of carboxylic acids is 1. The number of benzene rings is 3. The maximum Gasteiger partial charge on any atom is 0.321 e. The van der Waals surface area contributed by atoms with Crippen molar-refractivity contribution in [1.29, 1.82) is 5.26 Å². The van der Waals surface area contributed by atoms with Crippen LogP contribution in [0.25, 0.3) is 0 Å². The van der Waals surface area contributed by atoms with Gasteiger partial charge in [-0.15, -0.1) is 11.8 Å². The van der Waals surface area contributed by atoms with Crippen molar-refractivity contribution in [3.05, 3.63) is 242 Å². The number of nitrogens with zero attached hydrogens (tertiary/aromatic N) is 3. The van der Waals surface area contributed by atoms with Gasteiger partial charge in [0, 0.05) is 58.0 Å². The highest BCUT2D eigenvalue weighted by molar-refractivity contribution is 8.03. The van der Waals surface area contributed by atoms with Gasteiger partial charge in [-0.1, -0.05) is 144 Å². The minimum Gasteiger partial charge on any atom is -0.480 e. The molecule has 0 spiro atoms. The zero-order chi connectivity index (χ0) is 52.8. The number of rotatable bonds is 16. The second kappa shape index (κ2) is 23.9. The van der Waals surface area contributed by atoms with Crippen LogP contribution in [0.1, 0.15) is 155 Å². The highest BCUT2D eigenvalue weighted by Crippen LogP contribution is 2.52. The summed E-state index contributed by atoms with van der Waals surface area (Å²) in [6.07, 6.45) is 48.8. The Balaban J connectivity index is 1.01. The molecule has 0 saturated heterocycles. The number of hydrogen-bond donors (Lipinski definition) is 1. The Bertz CT molecular complexity index is 3190. The van der Waals surface area contributed by atoms with Crippen LogP contribution in [0.5, 0.6) is 0 Å². The van der Waals surface area contributed by atoms with E-state index in [4.69, 9.17) is 0 Å². The van der Waals surface area contributed by atoms with Crippen molar-refractivity contribution < 1.29 is 9.90 Å². The first-order valence-electron chi connectivity index (χ1n) is 29.4. The van der Waals surface area contributed by atoms with Gasteiger partial charge >= 0.3 is 5.97 Å². The van der Waals surface area contributed by atoms with E-state index in [9.17, 15) is 15.2 Å². The summed E-state index contributed by atoms with van der Waals surface area (Å²) >= 11 is 1.77. The van der Waals surface area contributed by atoms with Crippen LogP contribution in [0.15, 0.2) is 208 Å². The number of carboxylic acid groups (broad SMARTS) is 1. The fraction of sp³-hybridized carbons (Fsp3) is 0.361. The van der Waals surface area contributed by atoms with Crippen molar-refractivity contribution >= 4 is 34.8 Å². The zero-order valence-corrected chi connectivity index (χ0v) is 46.0. The fourth-order valence-corrected chi connectivity index (χ4v) is 15.7. The molecule has 0 saturated carbocycles. The predicted octanol–water partition coefficient (Wildman–Crippen LogP) is 18.5. The molecule has 0 amide bonds. The van der Waals surface area contributed by atoms with Crippen molar-refractivity contribution in [3.8, 4) is 6.07 Å². The standard InChI is InChI=1S/C72H73N3O2S/c73-49-59(72(76)77)47-64-43-44-69(78-64)58-45-62(74(67-33-17-29-50-19-13-15-31-65(50)67)60-39-35-56(36-40-60)70(52-21-5-1-6-22-52)53-23-7-2-8-24-53)48-63(46-58)75(68-34-18-30-51-20-14-16-32-66(51)68)61-41-37-57(38-42-61)71(54-25-9-3-10-26-54)55-27-11-4-12-28-55/h1-3,5-7,9-11,14,20-21,23,25-28,33,35,37-38,41-43,45-46,48,51-52,59-60,69-71H,8,13,15-19,22,24,29-32,34,36,39-40,44,47H2,(H,76,77). The smallest absolute Gasteiger partial charge is 0.321 e.